The summed E-state index contributed by atoms with van der Waals surface area (Å²) in [7, 11) is 0. The molecule has 164 valence electrons. The number of aromatic nitrogens is 4. The second-order valence-electron chi connectivity index (χ2n) is 8.39. The van der Waals surface area contributed by atoms with Crippen molar-refractivity contribution < 1.29 is 14.6 Å². The quantitative estimate of drug-likeness (QED) is 0.473. The maximum Gasteiger partial charge on any atom is 0.338 e. The zero-order chi connectivity index (χ0) is 22.0. The van der Waals surface area contributed by atoms with Crippen LogP contribution in [0, 0.1) is 17.8 Å². The number of benzene rings is 1. The number of aliphatic hydroxyl groups is 1. The summed E-state index contributed by atoms with van der Waals surface area (Å²) in [6.07, 6.45) is 2.29. The number of H-pyrrole nitrogens is 1. The predicted octanol–water partition coefficient (Wildman–Crippen LogP) is 2.21. The van der Waals surface area contributed by atoms with E-state index in [-0.39, 0.29) is 48.1 Å². The summed E-state index contributed by atoms with van der Waals surface area (Å²) in [5.41, 5.74) is 0.955. The SMILES string of the molecule is CC(C)CNc1nc2c(ncn2[C@@H]2C[C@H](COC(=O)c3ccccc3)[C@H]2CO)c(=O)[nH]1. The topological polar surface area (TPSA) is 122 Å². The van der Waals surface area contributed by atoms with Crippen LogP contribution in [-0.2, 0) is 4.74 Å². The molecule has 31 heavy (non-hydrogen) atoms. The van der Waals surface area contributed by atoms with Gasteiger partial charge in [0.25, 0.3) is 5.56 Å². The van der Waals surface area contributed by atoms with E-state index in [0.717, 1.165) is 0 Å². The number of carbonyl (C=O) groups is 1. The number of aromatic amines is 1. The second-order valence-corrected chi connectivity index (χ2v) is 8.39. The van der Waals surface area contributed by atoms with Crippen molar-refractivity contribution >= 4 is 23.1 Å². The van der Waals surface area contributed by atoms with Gasteiger partial charge in [-0.25, -0.2) is 9.78 Å². The van der Waals surface area contributed by atoms with Gasteiger partial charge in [-0.1, -0.05) is 32.0 Å². The molecule has 0 aliphatic heterocycles. The van der Waals surface area contributed by atoms with Gasteiger partial charge in [0.1, 0.15) is 0 Å². The van der Waals surface area contributed by atoms with Gasteiger partial charge < -0.3 is 19.7 Å². The minimum Gasteiger partial charge on any atom is -0.462 e. The highest BCUT2D eigenvalue weighted by atomic mass is 16.5. The summed E-state index contributed by atoms with van der Waals surface area (Å²) >= 11 is 0. The molecule has 1 fully saturated rings. The first-order chi connectivity index (χ1) is 15.0. The number of ether oxygens (including phenoxy) is 1. The Bertz CT molecular complexity index is 1110. The Balaban J connectivity index is 1.47. The van der Waals surface area contributed by atoms with Crippen LogP contribution in [0.1, 0.15) is 36.7 Å². The Morgan fingerprint density at radius 1 is 1.35 bits per heavy atom. The lowest BCUT2D eigenvalue weighted by Crippen LogP contribution is -2.43. The lowest BCUT2D eigenvalue weighted by Gasteiger charge is -2.44. The van der Waals surface area contributed by atoms with Gasteiger partial charge in [0.15, 0.2) is 11.2 Å². The number of nitrogens with zero attached hydrogens (tertiary/aromatic N) is 3. The minimum absolute atomic E-state index is 0.0284. The molecular weight excluding hydrogens is 398 g/mol. The number of imidazole rings is 1. The zero-order valence-electron chi connectivity index (χ0n) is 17.6. The summed E-state index contributed by atoms with van der Waals surface area (Å²) in [6.45, 7) is 4.99. The van der Waals surface area contributed by atoms with Gasteiger partial charge in [0.05, 0.1) is 18.5 Å². The van der Waals surface area contributed by atoms with E-state index in [1.807, 2.05) is 10.6 Å². The Labute approximate surface area is 179 Å². The summed E-state index contributed by atoms with van der Waals surface area (Å²) in [4.78, 5) is 36.1. The van der Waals surface area contributed by atoms with Crippen molar-refractivity contribution in [2.24, 2.45) is 17.8 Å². The third-order valence-electron chi connectivity index (χ3n) is 5.76. The standard InChI is InChI=1S/C22H27N5O4/c1-13(2)9-23-22-25-19-18(20(29)26-22)24-12-27(19)17-8-15(16(17)10-28)11-31-21(30)14-6-4-3-5-7-14/h3-7,12-13,15-17,28H,8-11H2,1-2H3,(H2,23,25,26,29)/t15-,16-,17-/m1/s1. The molecule has 2 heterocycles. The van der Waals surface area contributed by atoms with Crippen molar-refractivity contribution in [1.29, 1.82) is 0 Å². The first-order valence-corrected chi connectivity index (χ1v) is 10.5. The Kier molecular flexibility index (Phi) is 6.03. The molecule has 0 saturated heterocycles. The fourth-order valence-electron chi connectivity index (χ4n) is 3.95. The van der Waals surface area contributed by atoms with E-state index >= 15 is 0 Å². The van der Waals surface area contributed by atoms with E-state index in [1.54, 1.807) is 30.6 Å². The summed E-state index contributed by atoms with van der Waals surface area (Å²) in [6, 6.07) is 8.77. The molecule has 0 spiro atoms. The second kappa shape index (κ2) is 8.89. The third kappa shape index (κ3) is 4.32. The van der Waals surface area contributed by atoms with Crippen LogP contribution in [0.25, 0.3) is 11.2 Å². The van der Waals surface area contributed by atoms with E-state index < -0.39 is 0 Å². The van der Waals surface area contributed by atoms with Crippen molar-refractivity contribution in [3.05, 3.63) is 52.6 Å². The Hall–Kier alpha value is -3.20. The molecule has 3 atom stereocenters. The predicted molar refractivity (Wildman–Crippen MR) is 116 cm³/mol. The summed E-state index contributed by atoms with van der Waals surface area (Å²) in [5.74, 6) is 0.342. The lowest BCUT2D eigenvalue weighted by molar-refractivity contribution is -0.0205. The third-order valence-corrected chi connectivity index (χ3v) is 5.76. The smallest absolute Gasteiger partial charge is 0.338 e. The largest absolute Gasteiger partial charge is 0.462 e. The van der Waals surface area contributed by atoms with Gasteiger partial charge in [-0.2, -0.15) is 4.98 Å². The monoisotopic (exact) mass is 425 g/mol. The van der Waals surface area contributed by atoms with Crippen LogP contribution in [0.3, 0.4) is 0 Å². The van der Waals surface area contributed by atoms with Gasteiger partial charge in [-0.05, 0) is 24.5 Å². The summed E-state index contributed by atoms with van der Waals surface area (Å²) in [5, 5.41) is 13.1. The molecule has 9 nitrogen and oxygen atoms in total. The molecule has 0 amide bonds. The van der Waals surface area contributed by atoms with Crippen LogP contribution in [0.15, 0.2) is 41.5 Å². The van der Waals surface area contributed by atoms with Gasteiger partial charge >= 0.3 is 5.97 Å². The molecule has 3 aromatic rings. The van der Waals surface area contributed by atoms with E-state index in [4.69, 9.17) is 4.74 Å². The minimum atomic E-state index is -0.372. The average Bonchev–Trinajstić information content (AvgIpc) is 3.16. The molecule has 3 N–H and O–H groups in total. The van der Waals surface area contributed by atoms with Crippen LogP contribution in [-0.4, -0.2) is 50.4 Å². The number of fused-ring (bicyclic) bond motifs is 1. The number of esters is 1. The van der Waals surface area contributed by atoms with Gasteiger partial charge in [0, 0.05) is 31.0 Å². The Morgan fingerprint density at radius 2 is 2.13 bits per heavy atom. The number of nitrogens with one attached hydrogen (secondary N) is 2. The van der Waals surface area contributed by atoms with E-state index in [2.05, 4.69) is 34.1 Å². The maximum atomic E-state index is 12.4. The highest BCUT2D eigenvalue weighted by Crippen LogP contribution is 2.44. The molecule has 1 saturated carbocycles. The molecule has 2 aromatic heterocycles. The summed E-state index contributed by atoms with van der Waals surface area (Å²) < 4.78 is 7.30. The highest BCUT2D eigenvalue weighted by molar-refractivity contribution is 5.89. The maximum absolute atomic E-state index is 12.4. The number of anilines is 1. The molecule has 1 aliphatic carbocycles. The normalized spacial score (nSPS) is 20.6. The van der Waals surface area contributed by atoms with Crippen LogP contribution in [0.5, 0.6) is 0 Å². The van der Waals surface area contributed by atoms with Crippen LogP contribution < -0.4 is 10.9 Å². The van der Waals surface area contributed by atoms with E-state index in [0.29, 0.717) is 36.0 Å². The van der Waals surface area contributed by atoms with Crippen LogP contribution in [0.2, 0.25) is 0 Å². The Morgan fingerprint density at radius 3 is 2.84 bits per heavy atom. The van der Waals surface area contributed by atoms with Crippen molar-refractivity contribution in [1.82, 2.24) is 19.5 Å². The molecule has 9 heteroatoms. The van der Waals surface area contributed by atoms with Crippen molar-refractivity contribution in [2.75, 3.05) is 25.1 Å². The molecule has 0 bridgehead atoms. The number of rotatable bonds is 8. The molecule has 4 rings (SSSR count). The molecular formula is C22H27N5O4. The molecule has 0 unspecified atom stereocenters. The number of hydrogen-bond acceptors (Lipinski definition) is 7. The fourth-order valence-corrected chi connectivity index (χ4v) is 3.95. The average molecular weight is 425 g/mol. The van der Waals surface area contributed by atoms with Crippen LogP contribution in [0.4, 0.5) is 5.95 Å². The fraction of sp³-hybridized carbons (Fsp3) is 0.455. The first kappa shape index (κ1) is 21.0. The zero-order valence-corrected chi connectivity index (χ0v) is 17.6. The van der Waals surface area contributed by atoms with Gasteiger partial charge in [-0.15, -0.1) is 0 Å². The van der Waals surface area contributed by atoms with Crippen molar-refractivity contribution in [3.63, 3.8) is 0 Å². The van der Waals surface area contributed by atoms with Crippen molar-refractivity contribution in [3.8, 4) is 0 Å². The van der Waals surface area contributed by atoms with Crippen molar-refractivity contribution in [2.45, 2.75) is 26.3 Å². The molecule has 0 radical (unpaired) electrons. The van der Waals surface area contributed by atoms with Gasteiger partial charge in [-0.3, -0.25) is 9.78 Å². The highest BCUT2D eigenvalue weighted by Gasteiger charge is 2.43. The molecule has 1 aromatic carbocycles. The van der Waals surface area contributed by atoms with E-state index in [1.165, 1.54) is 0 Å². The number of aliphatic hydroxyl groups excluding tert-OH is 1. The van der Waals surface area contributed by atoms with E-state index in [9.17, 15) is 14.7 Å². The van der Waals surface area contributed by atoms with Gasteiger partial charge in [0.2, 0.25) is 5.95 Å². The number of hydrogen-bond donors (Lipinski definition) is 3. The number of carbonyl (C=O) groups excluding carboxylic acids is 1. The molecule has 1 aliphatic rings. The van der Waals surface area contributed by atoms with Crippen LogP contribution >= 0.6 is 0 Å². The lowest BCUT2D eigenvalue weighted by atomic mass is 9.70. The first-order valence-electron chi connectivity index (χ1n) is 10.5.